The van der Waals surface area contributed by atoms with Gasteiger partial charge in [0, 0.05) is 31.7 Å². The summed E-state index contributed by atoms with van der Waals surface area (Å²) in [6.45, 7) is 3.58. The quantitative estimate of drug-likeness (QED) is 0.875. The summed E-state index contributed by atoms with van der Waals surface area (Å²) in [5.41, 5.74) is 1.55. The van der Waals surface area contributed by atoms with Crippen LogP contribution in [-0.2, 0) is 0 Å². The molecule has 0 radical (unpaired) electrons. The number of halogens is 1. The molecule has 0 aliphatic carbocycles. The second-order valence-corrected chi connectivity index (χ2v) is 4.39. The van der Waals surface area contributed by atoms with Crippen LogP contribution in [0.4, 0.5) is 10.3 Å². The highest BCUT2D eigenvalue weighted by Crippen LogP contribution is 2.18. The van der Waals surface area contributed by atoms with Crippen LogP contribution in [-0.4, -0.2) is 41.4 Å². The van der Waals surface area contributed by atoms with Gasteiger partial charge in [0.15, 0.2) is 0 Å². The number of nitrogens with one attached hydrogen (secondary N) is 1. The van der Waals surface area contributed by atoms with E-state index < -0.39 is 0 Å². The van der Waals surface area contributed by atoms with Crippen LogP contribution >= 0.6 is 0 Å². The Labute approximate surface area is 110 Å². The molecule has 1 N–H and O–H groups in total. The fourth-order valence-electron chi connectivity index (χ4n) is 2.05. The van der Waals surface area contributed by atoms with Crippen molar-refractivity contribution in [3.8, 4) is 11.3 Å². The Kier molecular flexibility index (Phi) is 3.33. The molecule has 1 saturated heterocycles. The molecule has 2 heterocycles. The van der Waals surface area contributed by atoms with Gasteiger partial charge in [0.1, 0.15) is 5.82 Å². The van der Waals surface area contributed by atoms with Gasteiger partial charge < -0.3 is 10.2 Å². The lowest BCUT2D eigenvalue weighted by Crippen LogP contribution is -2.44. The Hall–Kier alpha value is -2.08. The summed E-state index contributed by atoms with van der Waals surface area (Å²) in [4.78, 5) is 6.59. The van der Waals surface area contributed by atoms with Crippen molar-refractivity contribution in [3.63, 3.8) is 0 Å². The van der Waals surface area contributed by atoms with E-state index in [9.17, 15) is 4.39 Å². The first-order valence-corrected chi connectivity index (χ1v) is 6.24. The van der Waals surface area contributed by atoms with E-state index in [0.717, 1.165) is 31.7 Å². The number of hydrogen-bond donors (Lipinski definition) is 1. The maximum atomic E-state index is 12.9. The lowest BCUT2D eigenvalue weighted by molar-refractivity contribution is 0.577. The number of hydrogen-bond acceptors (Lipinski definition) is 5. The standard InChI is InChI=1S/C13H14FN5/c14-11-3-1-10(2-4-11)12-9-16-18-13(17-12)19-7-5-15-6-8-19/h1-4,9,15H,5-8H2. The number of aromatic nitrogens is 3. The Bertz CT molecular complexity index is 551. The molecular weight excluding hydrogens is 245 g/mol. The van der Waals surface area contributed by atoms with Gasteiger partial charge in [-0.1, -0.05) is 0 Å². The van der Waals surface area contributed by atoms with Gasteiger partial charge in [-0.15, -0.1) is 5.10 Å². The highest BCUT2D eigenvalue weighted by molar-refractivity contribution is 5.59. The van der Waals surface area contributed by atoms with Gasteiger partial charge in [-0.05, 0) is 24.3 Å². The molecule has 6 heteroatoms. The van der Waals surface area contributed by atoms with Gasteiger partial charge in [-0.25, -0.2) is 9.37 Å². The molecular formula is C13H14FN5. The molecule has 98 valence electrons. The van der Waals surface area contributed by atoms with Crippen LogP contribution in [0.15, 0.2) is 30.5 Å². The average Bonchev–Trinajstić information content (AvgIpc) is 2.49. The van der Waals surface area contributed by atoms with Crippen LogP contribution in [0, 0.1) is 5.82 Å². The third-order valence-corrected chi connectivity index (χ3v) is 3.09. The van der Waals surface area contributed by atoms with Crippen molar-refractivity contribution in [1.82, 2.24) is 20.5 Å². The molecule has 1 aliphatic heterocycles. The van der Waals surface area contributed by atoms with Crippen LogP contribution in [0.25, 0.3) is 11.3 Å². The van der Waals surface area contributed by atoms with Gasteiger partial charge >= 0.3 is 0 Å². The maximum absolute atomic E-state index is 12.9. The minimum Gasteiger partial charge on any atom is -0.337 e. The van der Waals surface area contributed by atoms with Gasteiger partial charge in [-0.2, -0.15) is 5.10 Å². The molecule has 0 amide bonds. The molecule has 0 saturated carbocycles. The fraction of sp³-hybridized carbons (Fsp3) is 0.308. The van der Waals surface area contributed by atoms with Crippen molar-refractivity contribution < 1.29 is 4.39 Å². The van der Waals surface area contributed by atoms with Crippen molar-refractivity contribution in [3.05, 3.63) is 36.3 Å². The zero-order valence-corrected chi connectivity index (χ0v) is 10.4. The predicted octanol–water partition coefficient (Wildman–Crippen LogP) is 1.09. The number of rotatable bonds is 2. The van der Waals surface area contributed by atoms with E-state index in [1.165, 1.54) is 12.1 Å². The molecule has 0 bridgehead atoms. The molecule has 5 nitrogen and oxygen atoms in total. The third kappa shape index (κ3) is 2.68. The van der Waals surface area contributed by atoms with E-state index in [1.54, 1.807) is 18.3 Å². The first-order valence-electron chi connectivity index (χ1n) is 6.24. The molecule has 0 unspecified atom stereocenters. The molecule has 1 aromatic heterocycles. The van der Waals surface area contributed by atoms with Gasteiger partial charge in [0.25, 0.3) is 0 Å². The molecule has 0 spiro atoms. The minimum atomic E-state index is -0.256. The number of anilines is 1. The van der Waals surface area contributed by atoms with Crippen LogP contribution in [0.1, 0.15) is 0 Å². The van der Waals surface area contributed by atoms with E-state index in [0.29, 0.717) is 11.6 Å². The molecule has 2 aromatic rings. The summed E-state index contributed by atoms with van der Waals surface area (Å²) in [6.07, 6.45) is 1.60. The van der Waals surface area contributed by atoms with E-state index in [4.69, 9.17) is 0 Å². The zero-order chi connectivity index (χ0) is 13.1. The van der Waals surface area contributed by atoms with E-state index in [-0.39, 0.29) is 5.82 Å². The molecule has 0 atom stereocenters. The summed E-state index contributed by atoms with van der Waals surface area (Å²) in [6, 6.07) is 6.23. The largest absolute Gasteiger partial charge is 0.337 e. The zero-order valence-electron chi connectivity index (χ0n) is 10.4. The Balaban J connectivity index is 1.88. The summed E-state index contributed by atoms with van der Waals surface area (Å²) in [5, 5.41) is 11.3. The smallest absolute Gasteiger partial charge is 0.245 e. The number of benzene rings is 1. The van der Waals surface area contributed by atoms with E-state index in [2.05, 4.69) is 25.4 Å². The second-order valence-electron chi connectivity index (χ2n) is 4.39. The second kappa shape index (κ2) is 5.27. The van der Waals surface area contributed by atoms with Crippen molar-refractivity contribution in [1.29, 1.82) is 0 Å². The van der Waals surface area contributed by atoms with E-state index in [1.807, 2.05) is 0 Å². The maximum Gasteiger partial charge on any atom is 0.245 e. The van der Waals surface area contributed by atoms with Crippen LogP contribution < -0.4 is 10.2 Å². The lowest BCUT2D eigenvalue weighted by Gasteiger charge is -2.26. The summed E-state index contributed by atoms with van der Waals surface area (Å²) < 4.78 is 12.9. The molecule has 1 fully saturated rings. The summed E-state index contributed by atoms with van der Waals surface area (Å²) >= 11 is 0. The first kappa shape index (κ1) is 12.0. The molecule has 19 heavy (non-hydrogen) atoms. The summed E-state index contributed by atoms with van der Waals surface area (Å²) in [7, 11) is 0. The van der Waals surface area contributed by atoms with Gasteiger partial charge in [-0.3, -0.25) is 0 Å². The van der Waals surface area contributed by atoms with E-state index >= 15 is 0 Å². The third-order valence-electron chi connectivity index (χ3n) is 3.09. The predicted molar refractivity (Wildman–Crippen MR) is 70.3 cm³/mol. The highest BCUT2D eigenvalue weighted by Gasteiger charge is 2.14. The van der Waals surface area contributed by atoms with Crippen LogP contribution in [0.2, 0.25) is 0 Å². The fourth-order valence-corrected chi connectivity index (χ4v) is 2.05. The highest BCUT2D eigenvalue weighted by atomic mass is 19.1. The minimum absolute atomic E-state index is 0.256. The normalized spacial score (nSPS) is 15.5. The van der Waals surface area contributed by atoms with Crippen molar-refractivity contribution in [2.45, 2.75) is 0 Å². The van der Waals surface area contributed by atoms with Gasteiger partial charge in [0.2, 0.25) is 5.95 Å². The molecule has 3 rings (SSSR count). The van der Waals surface area contributed by atoms with Crippen LogP contribution in [0.5, 0.6) is 0 Å². The Morgan fingerprint density at radius 3 is 2.58 bits per heavy atom. The van der Waals surface area contributed by atoms with Gasteiger partial charge in [0.05, 0.1) is 11.9 Å². The lowest BCUT2D eigenvalue weighted by atomic mass is 10.2. The monoisotopic (exact) mass is 259 g/mol. The topological polar surface area (TPSA) is 53.9 Å². The number of nitrogens with zero attached hydrogens (tertiary/aromatic N) is 4. The Morgan fingerprint density at radius 1 is 1.11 bits per heavy atom. The van der Waals surface area contributed by atoms with Crippen molar-refractivity contribution in [2.75, 3.05) is 31.1 Å². The molecule has 1 aromatic carbocycles. The molecule has 1 aliphatic rings. The average molecular weight is 259 g/mol. The SMILES string of the molecule is Fc1ccc(-c2cnnc(N3CCNCC3)n2)cc1. The van der Waals surface area contributed by atoms with Crippen LogP contribution in [0.3, 0.4) is 0 Å². The summed E-state index contributed by atoms with van der Waals surface area (Å²) in [5.74, 6) is 0.372. The van der Waals surface area contributed by atoms with Crippen molar-refractivity contribution >= 4 is 5.95 Å². The Morgan fingerprint density at radius 2 is 1.84 bits per heavy atom. The van der Waals surface area contributed by atoms with Crippen molar-refractivity contribution in [2.24, 2.45) is 0 Å². The number of piperazine rings is 1. The first-order chi connectivity index (χ1) is 9.33.